The summed E-state index contributed by atoms with van der Waals surface area (Å²) in [6, 6.07) is 15.6. The number of rotatable bonds is 7. The van der Waals surface area contributed by atoms with Gasteiger partial charge in [0.1, 0.15) is 5.69 Å². The fourth-order valence-corrected chi connectivity index (χ4v) is 3.68. The van der Waals surface area contributed by atoms with Gasteiger partial charge in [-0.2, -0.15) is 0 Å². The molecule has 150 valence electrons. The van der Waals surface area contributed by atoms with E-state index in [2.05, 4.69) is 22.1 Å². The van der Waals surface area contributed by atoms with E-state index in [1.54, 1.807) is 18.3 Å². The molecule has 1 fully saturated rings. The Kier molecular flexibility index (Phi) is 5.83. The number of pyridine rings is 1. The number of ether oxygens (including phenoxy) is 1. The van der Waals surface area contributed by atoms with Gasteiger partial charge in [0, 0.05) is 12.6 Å². The first-order valence-corrected chi connectivity index (χ1v) is 10.0. The van der Waals surface area contributed by atoms with Crippen LogP contribution >= 0.6 is 0 Å². The normalized spacial score (nSPS) is 21.8. The molecule has 1 N–H and O–H groups in total. The summed E-state index contributed by atoms with van der Waals surface area (Å²) in [5.41, 5.74) is 1.85. The smallest absolute Gasteiger partial charge is 0.276 e. The van der Waals surface area contributed by atoms with Crippen molar-refractivity contribution in [2.24, 2.45) is 0 Å². The average Bonchev–Trinajstić information content (AvgIpc) is 3.25. The van der Waals surface area contributed by atoms with Gasteiger partial charge in [-0.1, -0.05) is 36.4 Å². The highest BCUT2D eigenvalue weighted by molar-refractivity contribution is 5.97. The molecule has 0 radical (unpaired) electrons. The summed E-state index contributed by atoms with van der Waals surface area (Å²) in [6.45, 7) is 0. The molecule has 0 aliphatic carbocycles. The third kappa shape index (κ3) is 4.60. The van der Waals surface area contributed by atoms with E-state index in [1.807, 2.05) is 24.3 Å². The highest BCUT2D eigenvalue weighted by Gasteiger charge is 2.44. The third-order valence-electron chi connectivity index (χ3n) is 5.21. The second-order valence-corrected chi connectivity index (χ2v) is 7.37. The topological polar surface area (TPSA) is 85.5 Å². The molecule has 1 aliphatic heterocycles. The number of hydrogen-bond acceptors (Lipinski definition) is 6. The number of aromatic nitrogens is 2. The number of ketones is 1. The molecule has 4 rings (SSSR count). The summed E-state index contributed by atoms with van der Waals surface area (Å²) < 4.78 is 11.4. The van der Waals surface area contributed by atoms with E-state index in [4.69, 9.17) is 9.15 Å². The molecule has 1 aromatic carbocycles. The number of aliphatic hydroxyl groups is 1. The van der Waals surface area contributed by atoms with Crippen LogP contribution in [0.4, 0.5) is 0 Å². The Morgan fingerprint density at radius 3 is 2.76 bits per heavy atom. The number of carbonyl (C=O) groups excluding carboxylic acids is 1. The molecule has 3 aromatic rings. The highest BCUT2D eigenvalue weighted by Crippen LogP contribution is 2.32. The van der Waals surface area contributed by atoms with Crippen molar-refractivity contribution in [2.75, 3.05) is 0 Å². The molecule has 6 nitrogen and oxygen atoms in total. The van der Waals surface area contributed by atoms with Crippen LogP contribution in [-0.2, 0) is 11.2 Å². The molecule has 2 aromatic heterocycles. The van der Waals surface area contributed by atoms with Gasteiger partial charge in [-0.3, -0.25) is 9.78 Å². The minimum absolute atomic E-state index is 0.155. The number of benzene rings is 1. The predicted octanol–water partition coefficient (Wildman–Crippen LogP) is 4.20. The minimum atomic E-state index is -1.89. The van der Waals surface area contributed by atoms with E-state index in [1.165, 1.54) is 11.8 Å². The van der Waals surface area contributed by atoms with Crippen LogP contribution in [-0.4, -0.2) is 32.7 Å². The van der Waals surface area contributed by atoms with Gasteiger partial charge < -0.3 is 14.3 Å². The van der Waals surface area contributed by atoms with Gasteiger partial charge in [0.25, 0.3) is 11.7 Å². The van der Waals surface area contributed by atoms with Crippen LogP contribution in [0.5, 0.6) is 0 Å². The molecule has 0 saturated carbocycles. The van der Waals surface area contributed by atoms with Crippen molar-refractivity contribution in [3.63, 3.8) is 0 Å². The van der Waals surface area contributed by atoms with E-state index in [0.717, 1.165) is 25.7 Å². The Labute approximate surface area is 169 Å². The molecule has 0 bridgehead atoms. The molecule has 0 amide bonds. The van der Waals surface area contributed by atoms with Crippen molar-refractivity contribution in [3.8, 4) is 11.5 Å². The van der Waals surface area contributed by atoms with Crippen molar-refractivity contribution < 1.29 is 19.1 Å². The summed E-state index contributed by atoms with van der Waals surface area (Å²) in [6.07, 6.45) is 7.36. The second-order valence-electron chi connectivity index (χ2n) is 7.37. The molecule has 0 spiro atoms. The van der Waals surface area contributed by atoms with E-state index in [9.17, 15) is 9.90 Å². The molecule has 1 saturated heterocycles. The first kappa shape index (κ1) is 19.5. The number of aryl methyl sites for hydroxylation is 1. The van der Waals surface area contributed by atoms with Gasteiger partial charge in [0.15, 0.2) is 5.76 Å². The summed E-state index contributed by atoms with van der Waals surface area (Å²) in [7, 11) is 0. The molecule has 2 atom stereocenters. The summed E-state index contributed by atoms with van der Waals surface area (Å²) in [5, 5.41) is 10.9. The summed E-state index contributed by atoms with van der Waals surface area (Å²) in [5.74, 6) is -2.29. The van der Waals surface area contributed by atoms with Gasteiger partial charge in [-0.15, -0.1) is 0 Å². The van der Waals surface area contributed by atoms with E-state index in [-0.39, 0.29) is 18.4 Å². The van der Waals surface area contributed by atoms with Gasteiger partial charge >= 0.3 is 0 Å². The van der Waals surface area contributed by atoms with Crippen LogP contribution in [0.25, 0.3) is 11.5 Å². The fourth-order valence-electron chi connectivity index (χ4n) is 3.68. The van der Waals surface area contributed by atoms with E-state index in [0.29, 0.717) is 17.9 Å². The van der Waals surface area contributed by atoms with Crippen LogP contribution in [0.2, 0.25) is 0 Å². The number of carbonyl (C=O) groups is 1. The Bertz CT molecular complexity index is 942. The monoisotopic (exact) mass is 392 g/mol. The lowest BCUT2D eigenvalue weighted by Crippen LogP contribution is -2.47. The maximum absolute atomic E-state index is 12.9. The number of Topliss-reactive ketones (excluding diaryl/α,β-unsaturated/α-hetero) is 1. The van der Waals surface area contributed by atoms with Crippen LogP contribution in [0.3, 0.4) is 0 Å². The van der Waals surface area contributed by atoms with Crippen molar-refractivity contribution in [1.82, 2.24) is 9.97 Å². The molecular formula is C23H24N2O4. The first-order valence-electron chi connectivity index (χ1n) is 10.0. The third-order valence-corrected chi connectivity index (χ3v) is 5.21. The molecule has 1 aliphatic rings. The lowest BCUT2D eigenvalue weighted by molar-refractivity contribution is -0.220. The zero-order valence-electron chi connectivity index (χ0n) is 16.2. The molecule has 6 heteroatoms. The number of oxazole rings is 1. The van der Waals surface area contributed by atoms with Gasteiger partial charge in [0.05, 0.1) is 12.3 Å². The summed E-state index contributed by atoms with van der Waals surface area (Å²) >= 11 is 0. The number of nitrogens with zero attached hydrogens (tertiary/aromatic N) is 2. The van der Waals surface area contributed by atoms with Crippen molar-refractivity contribution >= 4 is 5.78 Å². The second kappa shape index (κ2) is 8.68. The molecule has 29 heavy (non-hydrogen) atoms. The largest absolute Gasteiger partial charge is 0.432 e. The zero-order valence-corrected chi connectivity index (χ0v) is 16.2. The highest BCUT2D eigenvalue weighted by atomic mass is 16.6. The predicted molar refractivity (Wildman–Crippen MR) is 107 cm³/mol. The first-order chi connectivity index (χ1) is 14.1. The Morgan fingerprint density at radius 1 is 1.14 bits per heavy atom. The maximum atomic E-state index is 12.9. The molecular weight excluding hydrogens is 368 g/mol. The van der Waals surface area contributed by atoms with E-state index >= 15 is 0 Å². The molecule has 3 heterocycles. The lowest BCUT2D eigenvalue weighted by Gasteiger charge is -2.35. The average molecular weight is 392 g/mol. The Balaban J connectivity index is 1.38. The molecule has 2 unspecified atom stereocenters. The van der Waals surface area contributed by atoms with Crippen molar-refractivity contribution in [2.45, 2.75) is 50.4 Å². The lowest BCUT2D eigenvalue weighted by atomic mass is 9.95. The van der Waals surface area contributed by atoms with Gasteiger partial charge in [-0.05, 0) is 49.8 Å². The Morgan fingerprint density at radius 2 is 1.97 bits per heavy atom. The minimum Gasteiger partial charge on any atom is -0.432 e. The zero-order chi connectivity index (χ0) is 20.1. The van der Waals surface area contributed by atoms with Crippen LogP contribution < -0.4 is 0 Å². The Hall–Kier alpha value is -2.83. The van der Waals surface area contributed by atoms with Crippen molar-refractivity contribution in [1.29, 1.82) is 0 Å². The van der Waals surface area contributed by atoms with Crippen molar-refractivity contribution in [3.05, 3.63) is 72.4 Å². The van der Waals surface area contributed by atoms with Crippen LogP contribution in [0.15, 0.2) is 65.3 Å². The van der Waals surface area contributed by atoms with Crippen LogP contribution in [0, 0.1) is 0 Å². The number of hydrogen-bond donors (Lipinski definition) is 1. The SMILES string of the molecule is O=C(c1ncc(-c2ccccn2)o1)C1(O)CCCC(CCCc2ccccc2)O1. The summed E-state index contributed by atoms with van der Waals surface area (Å²) in [4.78, 5) is 21.1. The standard InChI is InChI=1S/C23H24N2O4/c26-21(22-25-16-20(28-22)19-13-4-5-15-24-19)23(27)14-7-12-18(29-23)11-6-10-17-8-2-1-3-9-17/h1-5,8-9,13,15-16,18,27H,6-7,10-12,14H2. The van der Waals surface area contributed by atoms with Gasteiger partial charge in [0.2, 0.25) is 5.79 Å². The van der Waals surface area contributed by atoms with Crippen LogP contribution in [0.1, 0.15) is 48.4 Å². The fraction of sp³-hybridized carbons (Fsp3) is 0.348. The maximum Gasteiger partial charge on any atom is 0.276 e. The van der Waals surface area contributed by atoms with Gasteiger partial charge in [-0.25, -0.2) is 4.98 Å². The van der Waals surface area contributed by atoms with E-state index < -0.39 is 11.6 Å². The quantitative estimate of drug-likeness (QED) is 0.607.